The molecular formula is C8H6F6N2. The van der Waals surface area contributed by atoms with Gasteiger partial charge in [0.15, 0.2) is 0 Å². The molecule has 0 atom stereocenters. The molecule has 16 heavy (non-hydrogen) atoms. The number of benzene rings is 1. The lowest BCUT2D eigenvalue weighted by atomic mass is 10.2. The van der Waals surface area contributed by atoms with E-state index >= 15 is 0 Å². The quantitative estimate of drug-likeness (QED) is 0.467. The molecule has 0 aliphatic carbocycles. The first kappa shape index (κ1) is 12.5. The zero-order chi connectivity index (χ0) is 12.6. The van der Waals surface area contributed by atoms with Gasteiger partial charge in [0.2, 0.25) is 0 Å². The van der Waals surface area contributed by atoms with Crippen LogP contribution in [0.5, 0.6) is 0 Å². The molecule has 0 amide bonds. The van der Waals surface area contributed by atoms with Crippen LogP contribution in [0.15, 0.2) is 24.3 Å². The molecule has 2 nitrogen and oxygen atoms in total. The predicted octanol–water partition coefficient (Wildman–Crippen LogP) is 3.11. The van der Waals surface area contributed by atoms with Crippen LogP contribution >= 0.6 is 0 Å². The Morgan fingerprint density at radius 1 is 0.875 bits per heavy atom. The summed E-state index contributed by atoms with van der Waals surface area (Å²) in [5, 5.41) is 0. The normalized spacial score (nSPS) is 12.6. The van der Waals surface area contributed by atoms with Gasteiger partial charge in [-0.05, 0) is 12.1 Å². The summed E-state index contributed by atoms with van der Waals surface area (Å²) in [6.07, 6.45) is -11.2. The molecule has 0 saturated heterocycles. The van der Waals surface area contributed by atoms with Gasteiger partial charge in [-0.1, -0.05) is 12.1 Å². The molecule has 1 rings (SSSR count). The second kappa shape index (κ2) is 3.76. The van der Waals surface area contributed by atoms with Crippen LogP contribution in [0, 0.1) is 0 Å². The van der Waals surface area contributed by atoms with Crippen LogP contribution in [0.2, 0.25) is 0 Å². The van der Waals surface area contributed by atoms with Gasteiger partial charge in [0.25, 0.3) is 0 Å². The Morgan fingerprint density at radius 3 is 1.69 bits per heavy atom. The summed E-state index contributed by atoms with van der Waals surface area (Å²) >= 11 is 0. The first-order valence-electron chi connectivity index (χ1n) is 3.92. The minimum Gasteiger partial charge on any atom is -0.397 e. The van der Waals surface area contributed by atoms with Gasteiger partial charge in [-0.25, -0.2) is 0 Å². The molecule has 0 aliphatic rings. The van der Waals surface area contributed by atoms with Crippen molar-refractivity contribution in [2.75, 3.05) is 10.6 Å². The summed E-state index contributed by atoms with van der Waals surface area (Å²) in [5.41, 5.74) is 3.34. The van der Waals surface area contributed by atoms with Crippen molar-refractivity contribution in [1.29, 1.82) is 0 Å². The number of nitrogen functional groups attached to an aromatic ring is 1. The fourth-order valence-corrected chi connectivity index (χ4v) is 1.11. The number of anilines is 2. The van der Waals surface area contributed by atoms with E-state index in [9.17, 15) is 26.3 Å². The summed E-state index contributed by atoms with van der Waals surface area (Å²) < 4.78 is 73.4. The molecule has 1 aromatic carbocycles. The lowest BCUT2D eigenvalue weighted by molar-refractivity contribution is -0.226. The fraction of sp³-hybridized carbons (Fsp3) is 0.250. The van der Waals surface area contributed by atoms with E-state index in [1.54, 1.807) is 0 Å². The van der Waals surface area contributed by atoms with E-state index in [1.165, 1.54) is 6.07 Å². The van der Waals surface area contributed by atoms with Gasteiger partial charge in [-0.2, -0.15) is 4.90 Å². The largest absolute Gasteiger partial charge is 0.491 e. The Balaban J connectivity index is 3.29. The molecule has 0 fully saturated rings. The summed E-state index contributed by atoms with van der Waals surface area (Å²) in [7, 11) is 0. The van der Waals surface area contributed by atoms with Crippen molar-refractivity contribution in [3.8, 4) is 0 Å². The van der Waals surface area contributed by atoms with E-state index in [-0.39, 0.29) is 0 Å². The average molecular weight is 244 g/mol. The highest BCUT2D eigenvalue weighted by atomic mass is 19.4. The first-order valence-corrected chi connectivity index (χ1v) is 3.92. The van der Waals surface area contributed by atoms with Crippen LogP contribution in [0.25, 0.3) is 0 Å². The molecule has 0 aliphatic heterocycles. The Bertz CT molecular complexity index is 356. The van der Waals surface area contributed by atoms with Gasteiger partial charge in [-0.15, -0.1) is 26.3 Å². The van der Waals surface area contributed by atoms with Gasteiger partial charge in [0, 0.05) is 0 Å². The highest BCUT2D eigenvalue weighted by molar-refractivity contribution is 5.68. The van der Waals surface area contributed by atoms with Gasteiger partial charge in [0.05, 0.1) is 11.4 Å². The lowest BCUT2D eigenvalue weighted by Crippen LogP contribution is -2.48. The van der Waals surface area contributed by atoms with Crippen LogP contribution in [-0.2, 0) is 0 Å². The Morgan fingerprint density at radius 2 is 1.31 bits per heavy atom. The SMILES string of the molecule is Nc1ccccc1N(C(F)(F)F)C(F)(F)F. The Kier molecular flexibility index (Phi) is 2.93. The van der Waals surface area contributed by atoms with Gasteiger partial charge in [-0.3, -0.25) is 0 Å². The highest BCUT2D eigenvalue weighted by Gasteiger charge is 2.54. The summed E-state index contributed by atoms with van der Waals surface area (Å²) in [6, 6.07) is 3.88. The number of nitrogens with two attached hydrogens (primary N) is 1. The molecule has 0 heterocycles. The van der Waals surface area contributed by atoms with Crippen molar-refractivity contribution in [2.24, 2.45) is 0 Å². The molecule has 0 bridgehead atoms. The van der Waals surface area contributed by atoms with E-state index in [1.807, 2.05) is 0 Å². The monoisotopic (exact) mass is 244 g/mol. The van der Waals surface area contributed by atoms with Crippen molar-refractivity contribution in [3.05, 3.63) is 24.3 Å². The average Bonchev–Trinajstić information content (AvgIpc) is 2.03. The number of hydrogen-bond donors (Lipinski definition) is 1. The molecule has 0 saturated carbocycles. The van der Waals surface area contributed by atoms with Crippen molar-refractivity contribution in [1.82, 2.24) is 0 Å². The number of hydrogen-bond acceptors (Lipinski definition) is 2. The lowest BCUT2D eigenvalue weighted by Gasteiger charge is -2.29. The van der Waals surface area contributed by atoms with Crippen LogP contribution in [0.1, 0.15) is 0 Å². The number of alkyl halides is 6. The second-order valence-corrected chi connectivity index (χ2v) is 2.83. The molecule has 0 unspecified atom stereocenters. The summed E-state index contributed by atoms with van der Waals surface area (Å²) in [5.74, 6) is 0. The zero-order valence-corrected chi connectivity index (χ0v) is 7.60. The number of para-hydroxylation sites is 2. The minimum absolute atomic E-state index is 0.600. The maximum absolute atomic E-state index is 12.2. The maximum Gasteiger partial charge on any atom is 0.491 e. The molecule has 0 radical (unpaired) electrons. The van der Waals surface area contributed by atoms with Crippen molar-refractivity contribution < 1.29 is 26.3 Å². The Hall–Kier alpha value is -1.60. The predicted molar refractivity (Wildman–Crippen MR) is 45.4 cm³/mol. The minimum atomic E-state index is -5.58. The fourth-order valence-electron chi connectivity index (χ4n) is 1.11. The van der Waals surface area contributed by atoms with E-state index in [4.69, 9.17) is 5.73 Å². The molecular weight excluding hydrogens is 238 g/mol. The van der Waals surface area contributed by atoms with Gasteiger partial charge in [0.1, 0.15) is 0 Å². The van der Waals surface area contributed by atoms with Gasteiger partial charge < -0.3 is 5.73 Å². The molecule has 8 heteroatoms. The highest BCUT2D eigenvalue weighted by Crippen LogP contribution is 2.40. The maximum atomic E-state index is 12.2. The van der Waals surface area contributed by atoms with Crippen molar-refractivity contribution >= 4 is 11.4 Å². The number of nitrogens with zero attached hydrogens (tertiary/aromatic N) is 1. The van der Waals surface area contributed by atoms with Crippen LogP contribution < -0.4 is 10.6 Å². The molecule has 1 aromatic rings. The third-order valence-electron chi connectivity index (χ3n) is 1.68. The smallest absolute Gasteiger partial charge is 0.397 e. The standard InChI is InChI=1S/C8H6F6N2/c9-7(10,11)16(8(12,13)14)6-4-2-1-3-5(6)15/h1-4H,15H2. The molecule has 90 valence electrons. The van der Waals surface area contributed by atoms with Crippen LogP contribution in [-0.4, -0.2) is 12.6 Å². The first-order chi connectivity index (χ1) is 7.14. The zero-order valence-electron chi connectivity index (χ0n) is 7.60. The number of halogens is 6. The molecule has 0 spiro atoms. The second-order valence-electron chi connectivity index (χ2n) is 2.83. The third-order valence-corrected chi connectivity index (χ3v) is 1.68. The van der Waals surface area contributed by atoms with E-state index < -0.39 is 28.9 Å². The van der Waals surface area contributed by atoms with E-state index in [2.05, 4.69) is 0 Å². The summed E-state index contributed by atoms with van der Waals surface area (Å²) in [4.78, 5) is -1.63. The van der Waals surface area contributed by atoms with Crippen molar-refractivity contribution in [3.63, 3.8) is 0 Å². The molecule has 0 aromatic heterocycles. The van der Waals surface area contributed by atoms with Crippen LogP contribution in [0.3, 0.4) is 0 Å². The van der Waals surface area contributed by atoms with E-state index in [0.29, 0.717) is 6.07 Å². The van der Waals surface area contributed by atoms with Crippen LogP contribution in [0.4, 0.5) is 37.7 Å². The molecule has 2 N–H and O–H groups in total. The third kappa shape index (κ3) is 2.50. The van der Waals surface area contributed by atoms with Gasteiger partial charge >= 0.3 is 12.6 Å². The topological polar surface area (TPSA) is 29.3 Å². The summed E-state index contributed by atoms with van der Waals surface area (Å²) in [6.45, 7) is 0. The van der Waals surface area contributed by atoms with E-state index in [0.717, 1.165) is 12.1 Å². The Labute approximate surface area is 86.3 Å². The number of rotatable bonds is 1. The van der Waals surface area contributed by atoms with Crippen molar-refractivity contribution in [2.45, 2.75) is 12.6 Å².